The zero-order valence-corrected chi connectivity index (χ0v) is 17.1. The van der Waals surface area contributed by atoms with E-state index in [1.54, 1.807) is 0 Å². The highest BCUT2D eigenvalue weighted by Crippen LogP contribution is 2.48. The second-order valence-corrected chi connectivity index (χ2v) is 8.85. The molecule has 4 nitrogen and oxygen atoms in total. The van der Waals surface area contributed by atoms with Gasteiger partial charge < -0.3 is 15.3 Å². The molecule has 2 aliphatic rings. The van der Waals surface area contributed by atoms with Gasteiger partial charge in [-0.3, -0.25) is 4.79 Å². The summed E-state index contributed by atoms with van der Waals surface area (Å²) in [5, 5.41) is 29.8. The van der Waals surface area contributed by atoms with Gasteiger partial charge in [0.2, 0.25) is 0 Å². The van der Waals surface area contributed by atoms with Gasteiger partial charge in [-0.2, -0.15) is 0 Å². The molecule has 0 spiro atoms. The predicted octanol–water partition coefficient (Wildman–Crippen LogP) is 4.16. The van der Waals surface area contributed by atoms with Crippen LogP contribution in [0.3, 0.4) is 0 Å². The van der Waals surface area contributed by atoms with Crippen molar-refractivity contribution in [3.8, 4) is 0 Å². The summed E-state index contributed by atoms with van der Waals surface area (Å²) in [6.07, 6.45) is 15.6. The van der Waals surface area contributed by atoms with Gasteiger partial charge in [-0.1, -0.05) is 57.6 Å². The van der Waals surface area contributed by atoms with E-state index in [2.05, 4.69) is 6.92 Å². The van der Waals surface area contributed by atoms with Crippen LogP contribution in [0.4, 0.5) is 0 Å². The lowest BCUT2D eigenvalue weighted by molar-refractivity contribution is -0.121. The summed E-state index contributed by atoms with van der Waals surface area (Å²) < 4.78 is 0. The first-order valence-electron chi connectivity index (χ1n) is 11.2. The molecule has 2 saturated carbocycles. The van der Waals surface area contributed by atoms with Crippen molar-refractivity contribution in [2.45, 2.75) is 103 Å². The molecule has 0 bridgehead atoms. The fourth-order valence-electron chi connectivity index (χ4n) is 5.09. The minimum atomic E-state index is -0.571. The van der Waals surface area contributed by atoms with Crippen molar-refractivity contribution >= 4 is 5.78 Å². The monoisotopic (exact) mass is 380 g/mol. The van der Waals surface area contributed by atoms with Crippen LogP contribution in [0.5, 0.6) is 0 Å². The zero-order valence-electron chi connectivity index (χ0n) is 17.1. The first-order chi connectivity index (χ1) is 13.0. The molecule has 0 aromatic carbocycles. The summed E-state index contributed by atoms with van der Waals surface area (Å²) in [5.41, 5.74) is 0.108. The Hall–Kier alpha value is -0.710. The zero-order chi connectivity index (χ0) is 19.7. The van der Waals surface area contributed by atoms with Crippen LogP contribution in [0.15, 0.2) is 12.2 Å². The normalized spacial score (nSPS) is 28.6. The van der Waals surface area contributed by atoms with Gasteiger partial charge in [-0.05, 0) is 43.9 Å². The summed E-state index contributed by atoms with van der Waals surface area (Å²) >= 11 is 0. The maximum Gasteiger partial charge on any atom is 0.139 e. The number of hydrogen-bond donors (Lipinski definition) is 3. The Bertz CT molecular complexity index is 469. The quantitative estimate of drug-likeness (QED) is 0.331. The van der Waals surface area contributed by atoms with Crippen LogP contribution in [0, 0.1) is 17.3 Å². The van der Waals surface area contributed by atoms with Crippen molar-refractivity contribution in [3.05, 3.63) is 12.2 Å². The Morgan fingerprint density at radius 2 is 1.89 bits per heavy atom. The maximum atomic E-state index is 12.3. The standard InChI is InChI=1S/C23H40O4/c1-2-13-23(14-9-15-23)22(27)12-8-11-19-18(20(25)17-21(19)26)10-6-4-3-5-7-16-24/h8,11,18-19,21-22,24,26-27H,2-7,9-10,12-17H2,1H3/b11-8+/t18-,19-,21-,22-/m1/s1. The molecule has 0 unspecified atom stereocenters. The van der Waals surface area contributed by atoms with Gasteiger partial charge in [0, 0.05) is 24.9 Å². The Kier molecular flexibility index (Phi) is 9.47. The second-order valence-electron chi connectivity index (χ2n) is 8.85. The fourth-order valence-corrected chi connectivity index (χ4v) is 5.09. The van der Waals surface area contributed by atoms with E-state index in [0.717, 1.165) is 64.2 Å². The molecule has 2 aliphatic carbocycles. The third-order valence-corrected chi connectivity index (χ3v) is 6.93. The lowest BCUT2D eigenvalue weighted by atomic mass is 9.62. The molecule has 0 aromatic heterocycles. The minimum absolute atomic E-state index is 0.0699. The molecule has 156 valence electrons. The summed E-state index contributed by atoms with van der Waals surface area (Å²) in [6.45, 7) is 2.43. The van der Waals surface area contributed by atoms with E-state index in [-0.39, 0.29) is 42.2 Å². The average Bonchev–Trinajstić information content (AvgIpc) is 2.87. The lowest BCUT2D eigenvalue weighted by Gasteiger charge is -2.45. The number of aliphatic hydroxyl groups is 3. The fraction of sp³-hybridized carbons (Fsp3) is 0.870. The second kappa shape index (κ2) is 11.3. The van der Waals surface area contributed by atoms with Crippen LogP contribution < -0.4 is 0 Å². The molecule has 0 radical (unpaired) electrons. The van der Waals surface area contributed by atoms with E-state index < -0.39 is 6.10 Å². The Morgan fingerprint density at radius 1 is 1.19 bits per heavy atom. The van der Waals surface area contributed by atoms with Gasteiger partial charge in [0.05, 0.1) is 12.2 Å². The van der Waals surface area contributed by atoms with Crippen molar-refractivity contribution in [3.63, 3.8) is 0 Å². The molecule has 4 heteroatoms. The Morgan fingerprint density at radius 3 is 2.52 bits per heavy atom. The molecule has 4 atom stereocenters. The maximum absolute atomic E-state index is 12.3. The number of hydrogen-bond acceptors (Lipinski definition) is 4. The smallest absolute Gasteiger partial charge is 0.139 e. The van der Waals surface area contributed by atoms with Crippen LogP contribution in [0.1, 0.15) is 90.4 Å². The molecule has 0 saturated heterocycles. The molecule has 2 fully saturated rings. The van der Waals surface area contributed by atoms with E-state index in [1.807, 2.05) is 12.2 Å². The van der Waals surface area contributed by atoms with Gasteiger partial charge in [0.15, 0.2) is 0 Å². The number of rotatable bonds is 13. The summed E-state index contributed by atoms with van der Waals surface area (Å²) in [6, 6.07) is 0. The van der Waals surface area contributed by atoms with Crippen LogP contribution in [-0.2, 0) is 4.79 Å². The SMILES string of the molecule is CCCC1([C@H](O)C/C=C/[C@H]2[C@H](O)CC(=O)[C@@H]2CCCCCCCO)CCC1. The number of carbonyl (C=O) groups excluding carboxylic acids is 1. The van der Waals surface area contributed by atoms with E-state index in [9.17, 15) is 15.0 Å². The molecule has 0 aliphatic heterocycles. The first kappa shape index (κ1) is 22.6. The average molecular weight is 381 g/mol. The molecule has 0 aromatic rings. The van der Waals surface area contributed by atoms with E-state index in [1.165, 1.54) is 6.42 Å². The van der Waals surface area contributed by atoms with Gasteiger partial charge in [0.1, 0.15) is 5.78 Å². The number of unbranched alkanes of at least 4 members (excludes halogenated alkanes) is 4. The number of ketones is 1. The first-order valence-corrected chi connectivity index (χ1v) is 11.2. The largest absolute Gasteiger partial charge is 0.396 e. The van der Waals surface area contributed by atoms with E-state index in [4.69, 9.17) is 5.11 Å². The van der Waals surface area contributed by atoms with Gasteiger partial charge in [-0.25, -0.2) is 0 Å². The summed E-state index contributed by atoms with van der Waals surface area (Å²) in [7, 11) is 0. The molecule has 0 amide bonds. The van der Waals surface area contributed by atoms with E-state index >= 15 is 0 Å². The third-order valence-electron chi connectivity index (χ3n) is 6.93. The third kappa shape index (κ3) is 6.13. The van der Waals surface area contributed by atoms with Gasteiger partial charge >= 0.3 is 0 Å². The predicted molar refractivity (Wildman–Crippen MR) is 108 cm³/mol. The lowest BCUT2D eigenvalue weighted by Crippen LogP contribution is -2.41. The molecular formula is C23H40O4. The molecular weight excluding hydrogens is 340 g/mol. The van der Waals surface area contributed by atoms with E-state index in [0.29, 0.717) is 6.42 Å². The van der Waals surface area contributed by atoms with Crippen LogP contribution in [0.25, 0.3) is 0 Å². The Labute approximate surface area is 165 Å². The minimum Gasteiger partial charge on any atom is -0.396 e. The van der Waals surface area contributed by atoms with Gasteiger partial charge in [0.25, 0.3) is 0 Å². The van der Waals surface area contributed by atoms with Crippen molar-refractivity contribution < 1.29 is 20.1 Å². The van der Waals surface area contributed by atoms with Crippen molar-refractivity contribution in [2.24, 2.45) is 17.3 Å². The molecule has 3 N–H and O–H groups in total. The highest BCUT2D eigenvalue weighted by Gasteiger charge is 2.42. The number of carbonyl (C=O) groups is 1. The molecule has 0 heterocycles. The number of Topliss-reactive ketones (excluding diaryl/α,β-unsaturated/α-hetero) is 1. The highest BCUT2D eigenvalue weighted by molar-refractivity contribution is 5.84. The highest BCUT2D eigenvalue weighted by atomic mass is 16.3. The summed E-state index contributed by atoms with van der Waals surface area (Å²) in [5.74, 6) is 0.0275. The topological polar surface area (TPSA) is 77.8 Å². The Balaban J connectivity index is 1.81. The van der Waals surface area contributed by atoms with Crippen LogP contribution in [-0.4, -0.2) is 39.9 Å². The van der Waals surface area contributed by atoms with Crippen LogP contribution >= 0.6 is 0 Å². The van der Waals surface area contributed by atoms with Crippen molar-refractivity contribution in [1.29, 1.82) is 0 Å². The molecule has 2 rings (SSSR count). The number of aliphatic hydroxyl groups excluding tert-OH is 3. The summed E-state index contributed by atoms with van der Waals surface area (Å²) in [4.78, 5) is 12.3. The van der Waals surface area contributed by atoms with Crippen molar-refractivity contribution in [1.82, 2.24) is 0 Å². The van der Waals surface area contributed by atoms with Gasteiger partial charge in [-0.15, -0.1) is 0 Å². The van der Waals surface area contributed by atoms with Crippen molar-refractivity contribution in [2.75, 3.05) is 6.61 Å². The van der Waals surface area contributed by atoms with Crippen LogP contribution in [0.2, 0.25) is 0 Å². The molecule has 27 heavy (non-hydrogen) atoms.